The lowest BCUT2D eigenvalue weighted by atomic mass is 9.93. The van der Waals surface area contributed by atoms with Crippen LogP contribution >= 0.6 is 0 Å². The average Bonchev–Trinajstić information content (AvgIpc) is 1.61. The summed E-state index contributed by atoms with van der Waals surface area (Å²) in [6.45, 7) is 55.2. The molecule has 0 unspecified atom stereocenters. The van der Waals surface area contributed by atoms with E-state index in [0.717, 1.165) is 65.6 Å². The van der Waals surface area contributed by atoms with Gasteiger partial charge in [0.1, 0.15) is 17.2 Å². The number of benzene rings is 4. The smallest absolute Gasteiger partial charge is 0.134 e. The molecule has 18 rings (SSSR count). The van der Waals surface area contributed by atoms with E-state index >= 15 is 0 Å². The molecule has 0 saturated heterocycles. The number of hydrogen-bond acceptors (Lipinski definition) is 6. The minimum atomic E-state index is -0.124. The molecule has 0 bridgehead atoms. The number of H-pyrrole nitrogens is 1. The van der Waals surface area contributed by atoms with E-state index in [0.29, 0.717) is 53.3 Å². The van der Waals surface area contributed by atoms with Crippen LogP contribution in [0.5, 0.6) is 0 Å². The normalized spacial score (nSPS) is 15.5. The van der Waals surface area contributed by atoms with Gasteiger partial charge < -0.3 is 13.8 Å². The average molecular weight is 1550 g/mol. The lowest BCUT2D eigenvalue weighted by molar-refractivity contribution is 0.568. The summed E-state index contributed by atoms with van der Waals surface area (Å²) in [6, 6.07) is 40.7. The van der Waals surface area contributed by atoms with Crippen molar-refractivity contribution in [2.45, 2.75) is 279 Å². The third-order valence-electron chi connectivity index (χ3n) is 23.4. The second kappa shape index (κ2) is 40.3. The molecule has 10 nitrogen and oxygen atoms in total. The van der Waals surface area contributed by atoms with Crippen LogP contribution in [-0.4, -0.2) is 58.4 Å². The summed E-state index contributed by atoms with van der Waals surface area (Å²) in [5.41, 5.74) is 32.9. The van der Waals surface area contributed by atoms with E-state index in [1.54, 1.807) is 23.3 Å². The molecule has 9 heterocycles. The topological polar surface area (TPSA) is 107 Å². The molecule has 4 fully saturated rings. The Morgan fingerprint density at radius 1 is 0.435 bits per heavy atom. The number of aromatic nitrogens is 7. The lowest BCUT2D eigenvalue weighted by Gasteiger charge is -2.10. The van der Waals surface area contributed by atoms with Crippen molar-refractivity contribution < 1.29 is 8.81 Å². The van der Waals surface area contributed by atoms with Crippen LogP contribution in [0.1, 0.15) is 325 Å². The van der Waals surface area contributed by atoms with Crippen LogP contribution in [0.25, 0.3) is 43.9 Å². The molecule has 11 aromatic rings. The molecule has 4 saturated carbocycles. The summed E-state index contributed by atoms with van der Waals surface area (Å²) < 4.78 is 24.9. The second-order valence-corrected chi connectivity index (χ2v) is 36.0. The van der Waals surface area contributed by atoms with E-state index in [2.05, 4.69) is 297 Å². The second-order valence-electron chi connectivity index (χ2n) is 36.0. The van der Waals surface area contributed by atoms with Crippen molar-refractivity contribution in [3.05, 3.63) is 253 Å². The van der Waals surface area contributed by atoms with E-state index < -0.39 is 0 Å². The first kappa shape index (κ1) is 90.0. The number of nitrogens with zero attached hydrogens (tertiary/aromatic N) is 8. The maximum absolute atomic E-state index is 13.0. The third kappa shape index (κ3) is 22.6. The molecule has 0 atom stereocenters. The van der Waals surface area contributed by atoms with Gasteiger partial charge in [0.25, 0.3) is 0 Å². The zero-order valence-electron chi connectivity index (χ0n) is 74.5. The largest absolute Gasteiger partial charge is 0.461 e. The van der Waals surface area contributed by atoms with E-state index in [4.69, 9.17) is 4.42 Å². The fourth-order valence-electron chi connectivity index (χ4n) is 17.3. The van der Waals surface area contributed by atoms with Crippen molar-refractivity contribution in [3.63, 3.8) is 0 Å². The highest BCUT2D eigenvalue weighted by Crippen LogP contribution is 2.46. The number of allylic oxidation sites excluding steroid dienone is 4. The van der Waals surface area contributed by atoms with Crippen molar-refractivity contribution in [2.24, 2.45) is 53.7 Å². The van der Waals surface area contributed by atoms with E-state index in [1.807, 2.05) is 60.8 Å². The number of hydrogen-bond donors (Lipinski definition) is 1. The summed E-state index contributed by atoms with van der Waals surface area (Å²) in [5, 5.41) is 13.1. The minimum Gasteiger partial charge on any atom is -0.461 e. The molecular weight excluding hydrogens is 1410 g/mol. The Balaban J connectivity index is 0.000000148. The van der Waals surface area contributed by atoms with Crippen molar-refractivity contribution in [1.82, 2.24) is 33.9 Å². The molecule has 1 N–H and O–H groups in total. The van der Waals surface area contributed by atoms with Crippen molar-refractivity contribution >= 4 is 55.3 Å². The first-order chi connectivity index (χ1) is 54.3. The Morgan fingerprint density at radius 2 is 0.904 bits per heavy atom. The molecule has 4 aromatic carbocycles. The van der Waals surface area contributed by atoms with Crippen LogP contribution in [-0.2, 0) is 20.5 Å². The highest BCUT2D eigenvalue weighted by molar-refractivity contribution is 6.06. The summed E-state index contributed by atoms with van der Waals surface area (Å²) in [6.07, 6.45) is 20.0. The Kier molecular flexibility index (Phi) is 31.5. The fourth-order valence-corrected chi connectivity index (χ4v) is 17.3. The minimum absolute atomic E-state index is 0. The van der Waals surface area contributed by atoms with Crippen LogP contribution < -0.4 is 0 Å². The lowest BCUT2D eigenvalue weighted by Crippen LogP contribution is -2.08. The first-order valence-electron chi connectivity index (χ1n) is 43.2. The Bertz CT molecular complexity index is 5000. The molecule has 115 heavy (non-hydrogen) atoms. The Morgan fingerprint density at radius 3 is 1.39 bits per heavy atom. The molecular formula is C104H142FN9O. The van der Waals surface area contributed by atoms with Crippen LogP contribution in [0.4, 0.5) is 4.39 Å². The molecule has 616 valence electrons. The number of aromatic amines is 1. The molecule has 0 radical (unpaired) electrons. The SMILES string of the molecule is C.CC(C)c1c[nH]c2ccccc12.CC(C)c1ccn2ccccc12.CC(C)c1ccnc2ccccc12.CC1=C(C(C)C)C(C2CC2)=NC1.CC1=C(C(C)C)C(C2CC2)=NC1.CC1=C(C(C)C)c2ccc(F)cc2C1.Cc1c(C(C)C)c(C2CC2)nn1C.Cc1c(C(C)C)c(C2CC2)nn1C.Cc1oc2ccccc2c1C(C)C. The number of para-hydroxylation sites is 3. The summed E-state index contributed by atoms with van der Waals surface area (Å²) >= 11 is 0. The van der Waals surface area contributed by atoms with Crippen LogP contribution in [0.2, 0.25) is 0 Å². The van der Waals surface area contributed by atoms with Gasteiger partial charge in [-0.1, -0.05) is 204 Å². The van der Waals surface area contributed by atoms with Gasteiger partial charge in [-0.25, -0.2) is 4.39 Å². The van der Waals surface area contributed by atoms with Gasteiger partial charge in [0.2, 0.25) is 0 Å². The Hall–Kier alpha value is -8.96. The molecule has 7 aliphatic rings. The molecule has 0 amide bonds. The molecule has 0 spiro atoms. The van der Waals surface area contributed by atoms with Gasteiger partial charge in [-0.15, -0.1) is 0 Å². The van der Waals surface area contributed by atoms with Crippen molar-refractivity contribution in [1.29, 1.82) is 0 Å². The van der Waals surface area contributed by atoms with Gasteiger partial charge in [0.05, 0.1) is 30.0 Å². The van der Waals surface area contributed by atoms with Gasteiger partial charge in [-0.2, -0.15) is 10.2 Å². The Labute approximate surface area is 692 Å². The summed E-state index contributed by atoms with van der Waals surface area (Å²) in [5.74, 6) is 9.55. The number of furan rings is 1. The number of aliphatic imine (C=N–C) groups is 2. The maximum Gasteiger partial charge on any atom is 0.134 e. The monoisotopic (exact) mass is 1550 g/mol. The van der Waals surface area contributed by atoms with E-state index in [-0.39, 0.29) is 13.2 Å². The van der Waals surface area contributed by atoms with Crippen molar-refractivity contribution in [2.75, 3.05) is 13.1 Å². The number of nitrogens with one attached hydrogen (secondary N) is 1. The van der Waals surface area contributed by atoms with Gasteiger partial charge in [0, 0.05) is 118 Å². The van der Waals surface area contributed by atoms with Crippen LogP contribution in [0.15, 0.2) is 188 Å². The summed E-state index contributed by atoms with van der Waals surface area (Å²) in [7, 11) is 4.10. The number of pyridine rings is 2. The predicted molar refractivity (Wildman–Crippen MR) is 492 cm³/mol. The molecule has 5 aliphatic carbocycles. The van der Waals surface area contributed by atoms with Crippen molar-refractivity contribution in [3.8, 4) is 0 Å². The predicted octanol–water partition coefficient (Wildman–Crippen LogP) is 29.1. The maximum atomic E-state index is 13.0. The first-order valence-corrected chi connectivity index (χ1v) is 43.2. The molecule has 7 aromatic heterocycles. The van der Waals surface area contributed by atoms with Crippen LogP contribution in [0.3, 0.4) is 0 Å². The van der Waals surface area contributed by atoms with Gasteiger partial charge >= 0.3 is 0 Å². The zero-order chi connectivity index (χ0) is 82.7. The molecule has 2 aliphatic heterocycles. The third-order valence-corrected chi connectivity index (χ3v) is 23.4. The number of aryl methyl sites for hydroxylation is 3. The standard InChI is InChI=1S/C13H15F.C12H13N.C12H14O.2C11H18N2.2C11H17N.2C11H13N.CH4/c1-8(2)13-9(3)6-10-7-11(14)4-5-12(10)13;1-9(2)10-7-8-13-12-6-4-3-5-11(10)12;1-8(2)12-9(3)13-11-7-5-4-6-10(11)12;2*1-7(2)10-8(3)13(4)12-11(10)9-5-6-9;2*1-7(2)10-8(3)6-12-11(10)9-4-5-9;1-9(2)10-6-8-12-7-4-3-5-11(10)12;1-8(2)10-7-12-11-6-4-3-5-9(10)11;/h4-5,7-8H,6H2,1-3H3;3-9H,1-2H3;4-8H,1-3H3;2*7,9H,5-6H2,1-4H3;2*7,9H,4-6H2,1-3H3;3-9H,1-2H3;3-8,12H,1-2H3;1H4. The fraction of sp³-hybridized carbons (Fsp3) is 0.490. The summed E-state index contributed by atoms with van der Waals surface area (Å²) in [4.78, 5) is 16.8. The van der Waals surface area contributed by atoms with Gasteiger partial charge in [-0.05, 0) is 274 Å². The highest BCUT2D eigenvalue weighted by Gasteiger charge is 2.36. The quantitative estimate of drug-likeness (QED) is 0.124. The molecule has 11 heteroatoms. The number of halogens is 1. The number of fused-ring (bicyclic) bond motifs is 5. The van der Waals surface area contributed by atoms with Gasteiger partial charge in [-0.3, -0.25) is 24.3 Å². The van der Waals surface area contributed by atoms with Gasteiger partial charge in [0.15, 0.2) is 0 Å². The van der Waals surface area contributed by atoms with Crippen LogP contribution in [0, 0.1) is 56.2 Å². The van der Waals surface area contributed by atoms with E-state index in [1.165, 1.54) is 174 Å². The highest BCUT2D eigenvalue weighted by atomic mass is 19.1. The van der Waals surface area contributed by atoms with E-state index in [9.17, 15) is 4.39 Å². The number of rotatable bonds is 13. The zero-order valence-corrected chi connectivity index (χ0v) is 74.5.